The molecule has 1 aliphatic rings. The molecule has 0 aliphatic carbocycles. The number of halogens is 1. The van der Waals surface area contributed by atoms with Crippen molar-refractivity contribution in [2.24, 2.45) is 0 Å². The molecule has 0 unspecified atom stereocenters. The molecular formula is C23H23ClN4O4S2. The standard InChI is InChI=1S/C23H23ClN4O4S2/c1-32-9-8-28-19(10-17-13-25-5-4-20(17)28)14-26-6-7-27(15-22(26)29)34(30,31)23-11-16-2-3-18(24)12-21(16)33-23/h2-5,10-13H,6-9,14-15H2,1H3. The first-order valence-electron chi connectivity index (χ1n) is 10.7. The van der Waals surface area contributed by atoms with Gasteiger partial charge in [0, 0.05) is 59.9 Å². The zero-order valence-electron chi connectivity index (χ0n) is 18.5. The molecule has 5 rings (SSSR count). The van der Waals surface area contributed by atoms with Gasteiger partial charge in [-0.1, -0.05) is 17.7 Å². The van der Waals surface area contributed by atoms with Gasteiger partial charge in [-0.05, 0) is 35.7 Å². The van der Waals surface area contributed by atoms with Gasteiger partial charge in [0.2, 0.25) is 5.91 Å². The SMILES string of the molecule is COCCn1c(CN2CCN(S(=O)(=O)c3cc4ccc(Cl)cc4s3)CC2=O)cc2cnccc21. The topological polar surface area (TPSA) is 84.7 Å². The molecule has 1 amide bonds. The van der Waals surface area contributed by atoms with Gasteiger partial charge >= 0.3 is 0 Å². The van der Waals surface area contributed by atoms with E-state index in [1.54, 1.807) is 48.7 Å². The Balaban J connectivity index is 1.34. The summed E-state index contributed by atoms with van der Waals surface area (Å²) in [6.07, 6.45) is 3.54. The molecule has 11 heteroatoms. The minimum atomic E-state index is -3.78. The van der Waals surface area contributed by atoms with Crippen molar-refractivity contribution in [3.63, 3.8) is 0 Å². The van der Waals surface area contributed by atoms with Crippen molar-refractivity contribution < 1.29 is 17.9 Å². The molecule has 0 radical (unpaired) electrons. The highest BCUT2D eigenvalue weighted by molar-refractivity contribution is 7.91. The molecular weight excluding hydrogens is 496 g/mol. The number of benzene rings is 1. The third kappa shape index (κ3) is 4.32. The number of pyridine rings is 1. The third-order valence-electron chi connectivity index (χ3n) is 6.00. The van der Waals surface area contributed by atoms with Gasteiger partial charge in [-0.15, -0.1) is 11.3 Å². The van der Waals surface area contributed by atoms with Gasteiger partial charge in [-0.2, -0.15) is 4.31 Å². The van der Waals surface area contributed by atoms with Gasteiger partial charge in [-0.3, -0.25) is 9.78 Å². The van der Waals surface area contributed by atoms with E-state index in [-0.39, 0.29) is 23.2 Å². The fourth-order valence-corrected chi connectivity index (χ4v) is 7.45. The number of sulfonamides is 1. The van der Waals surface area contributed by atoms with Crippen LogP contribution in [0.2, 0.25) is 5.02 Å². The van der Waals surface area contributed by atoms with Crippen LogP contribution in [-0.2, 0) is 32.6 Å². The Bertz CT molecular complexity index is 1480. The smallest absolute Gasteiger partial charge is 0.253 e. The zero-order valence-corrected chi connectivity index (χ0v) is 20.9. The number of fused-ring (bicyclic) bond motifs is 2. The molecule has 0 atom stereocenters. The molecule has 4 heterocycles. The van der Waals surface area contributed by atoms with E-state index in [1.807, 2.05) is 12.1 Å². The maximum absolute atomic E-state index is 13.2. The summed E-state index contributed by atoms with van der Waals surface area (Å²) in [5.74, 6) is -0.222. The molecule has 0 N–H and O–H groups in total. The van der Waals surface area contributed by atoms with E-state index in [9.17, 15) is 13.2 Å². The number of carbonyl (C=O) groups is 1. The lowest BCUT2D eigenvalue weighted by Crippen LogP contribution is -2.51. The van der Waals surface area contributed by atoms with Crippen LogP contribution in [-0.4, -0.2) is 66.4 Å². The summed E-state index contributed by atoms with van der Waals surface area (Å²) in [4.78, 5) is 18.9. The molecule has 3 aromatic heterocycles. The first-order chi connectivity index (χ1) is 16.4. The van der Waals surface area contributed by atoms with Gasteiger partial charge in [0.25, 0.3) is 10.0 Å². The van der Waals surface area contributed by atoms with Crippen molar-refractivity contribution in [3.8, 4) is 0 Å². The third-order valence-corrected chi connectivity index (χ3v) is 9.62. The summed E-state index contributed by atoms with van der Waals surface area (Å²) in [7, 11) is -2.12. The molecule has 0 bridgehead atoms. The van der Waals surface area contributed by atoms with Crippen LogP contribution in [0, 0.1) is 0 Å². The fourth-order valence-electron chi connectivity index (χ4n) is 4.24. The molecule has 34 heavy (non-hydrogen) atoms. The van der Waals surface area contributed by atoms with Crippen molar-refractivity contribution in [1.82, 2.24) is 18.8 Å². The van der Waals surface area contributed by atoms with Crippen LogP contribution in [0.25, 0.3) is 21.0 Å². The quantitative estimate of drug-likeness (QED) is 0.373. The van der Waals surface area contributed by atoms with Crippen LogP contribution in [0.15, 0.2) is 53.0 Å². The van der Waals surface area contributed by atoms with Crippen molar-refractivity contribution >= 4 is 59.9 Å². The molecule has 0 saturated carbocycles. The summed E-state index contributed by atoms with van der Waals surface area (Å²) in [6.45, 7) is 1.96. The number of piperazine rings is 1. The summed E-state index contributed by atoms with van der Waals surface area (Å²) in [5.41, 5.74) is 1.99. The minimum Gasteiger partial charge on any atom is -0.383 e. The highest BCUT2D eigenvalue weighted by Crippen LogP contribution is 2.33. The number of amides is 1. The Morgan fingerprint density at radius 2 is 2.00 bits per heavy atom. The van der Waals surface area contributed by atoms with E-state index < -0.39 is 10.0 Å². The van der Waals surface area contributed by atoms with Crippen molar-refractivity contribution in [2.75, 3.05) is 33.4 Å². The van der Waals surface area contributed by atoms with Crippen LogP contribution < -0.4 is 0 Å². The Hall–Kier alpha value is -2.50. The van der Waals surface area contributed by atoms with Crippen molar-refractivity contribution in [3.05, 3.63) is 59.5 Å². The lowest BCUT2D eigenvalue weighted by Gasteiger charge is -2.33. The molecule has 8 nitrogen and oxygen atoms in total. The number of ether oxygens (including phenoxy) is 1. The summed E-state index contributed by atoms with van der Waals surface area (Å²) in [6, 6.07) is 10.9. The first kappa shape index (κ1) is 23.3. The Kier molecular flexibility index (Phi) is 6.34. The lowest BCUT2D eigenvalue weighted by molar-refractivity contribution is -0.134. The summed E-state index contributed by atoms with van der Waals surface area (Å²) < 4.78 is 36.2. The molecule has 4 aromatic rings. The maximum Gasteiger partial charge on any atom is 0.253 e. The molecule has 178 valence electrons. The second kappa shape index (κ2) is 9.27. The molecule has 1 saturated heterocycles. The molecule has 1 fully saturated rings. The highest BCUT2D eigenvalue weighted by atomic mass is 35.5. The van der Waals surface area contributed by atoms with Crippen molar-refractivity contribution in [2.45, 2.75) is 17.3 Å². The number of aromatic nitrogens is 2. The number of carbonyl (C=O) groups excluding carboxylic acids is 1. The summed E-state index contributed by atoms with van der Waals surface area (Å²) in [5, 5.41) is 2.37. The predicted octanol–water partition coefficient (Wildman–Crippen LogP) is 3.58. The highest BCUT2D eigenvalue weighted by Gasteiger charge is 2.34. The van der Waals surface area contributed by atoms with Crippen LogP contribution in [0.4, 0.5) is 0 Å². The fraction of sp³-hybridized carbons (Fsp3) is 0.304. The largest absolute Gasteiger partial charge is 0.383 e. The predicted molar refractivity (Wildman–Crippen MR) is 133 cm³/mol. The molecule has 1 aromatic carbocycles. The first-order valence-corrected chi connectivity index (χ1v) is 13.4. The monoisotopic (exact) mass is 518 g/mol. The number of thiophene rings is 1. The van der Waals surface area contributed by atoms with E-state index >= 15 is 0 Å². The minimum absolute atomic E-state index is 0.183. The van der Waals surface area contributed by atoms with Gasteiger partial charge in [-0.25, -0.2) is 8.42 Å². The van der Waals surface area contributed by atoms with Crippen LogP contribution >= 0.6 is 22.9 Å². The molecule has 0 spiro atoms. The van der Waals surface area contributed by atoms with Crippen LogP contribution in [0.1, 0.15) is 5.69 Å². The van der Waals surface area contributed by atoms with Crippen molar-refractivity contribution in [1.29, 1.82) is 0 Å². The number of hydrogen-bond acceptors (Lipinski definition) is 6. The second-order valence-electron chi connectivity index (χ2n) is 8.12. The van der Waals surface area contributed by atoms with Crippen LogP contribution in [0.5, 0.6) is 0 Å². The van der Waals surface area contributed by atoms with Gasteiger partial charge < -0.3 is 14.2 Å². The van der Waals surface area contributed by atoms with Gasteiger partial charge in [0.05, 0.1) is 25.2 Å². The Morgan fingerprint density at radius 3 is 2.79 bits per heavy atom. The Morgan fingerprint density at radius 1 is 1.15 bits per heavy atom. The summed E-state index contributed by atoms with van der Waals surface area (Å²) >= 11 is 7.21. The maximum atomic E-state index is 13.2. The number of methoxy groups -OCH3 is 1. The Labute approximate surface area is 206 Å². The van der Waals surface area contributed by atoms with Gasteiger partial charge in [0.15, 0.2) is 0 Å². The zero-order chi connectivity index (χ0) is 23.9. The van der Waals surface area contributed by atoms with Crippen LogP contribution in [0.3, 0.4) is 0 Å². The van der Waals surface area contributed by atoms with E-state index in [0.29, 0.717) is 31.3 Å². The van der Waals surface area contributed by atoms with E-state index in [4.69, 9.17) is 16.3 Å². The number of rotatable bonds is 7. The van der Waals surface area contributed by atoms with E-state index in [2.05, 4.69) is 9.55 Å². The second-order valence-corrected chi connectivity index (χ2v) is 11.8. The molecule has 1 aliphatic heterocycles. The average molecular weight is 519 g/mol. The van der Waals surface area contributed by atoms with E-state index in [0.717, 1.165) is 26.7 Å². The van der Waals surface area contributed by atoms with Gasteiger partial charge in [0.1, 0.15) is 4.21 Å². The number of nitrogens with zero attached hydrogens (tertiary/aromatic N) is 4. The lowest BCUT2D eigenvalue weighted by atomic mass is 10.3. The van der Waals surface area contributed by atoms with E-state index in [1.165, 1.54) is 15.6 Å². The average Bonchev–Trinajstić information content (AvgIpc) is 3.40. The normalized spacial score (nSPS) is 15.6. The number of hydrogen-bond donors (Lipinski definition) is 0.